The molecule has 2 aromatic heterocycles. The molecular weight excluding hydrogens is 713 g/mol. The summed E-state index contributed by atoms with van der Waals surface area (Å²) in [5.41, 5.74) is 0.623. The molecule has 2 N–H and O–H groups in total. The topological polar surface area (TPSA) is 125 Å². The van der Waals surface area contributed by atoms with Crippen LogP contribution in [0, 0.1) is 68.0 Å². The molecule has 0 spiro atoms. The summed E-state index contributed by atoms with van der Waals surface area (Å²) in [6, 6.07) is 5.93. The number of amides is 1. The molecule has 9 rings (SSSR count). The van der Waals surface area contributed by atoms with E-state index in [4.69, 9.17) is 9.72 Å². The number of imidazole rings is 1. The van der Waals surface area contributed by atoms with Gasteiger partial charge in [0.05, 0.1) is 40.9 Å². The fraction of sp³-hybridized carbons (Fsp3) is 0.771. The number of aromatic nitrogens is 3. The van der Waals surface area contributed by atoms with Crippen molar-refractivity contribution >= 4 is 17.8 Å². The summed E-state index contributed by atoms with van der Waals surface area (Å²) in [4.78, 5) is 55.8. The van der Waals surface area contributed by atoms with Crippen LogP contribution in [-0.2, 0) is 19.1 Å². The summed E-state index contributed by atoms with van der Waals surface area (Å²) in [6.07, 6.45) is 19.0. The number of nitrogens with one attached hydrogen (secondary N) is 1. The fourth-order valence-electron chi connectivity index (χ4n) is 15.6. The molecular formula is C48H68N4O5. The molecule has 6 aliphatic carbocycles. The lowest BCUT2D eigenvalue weighted by Gasteiger charge is -2.73. The third kappa shape index (κ3) is 5.83. The average molecular weight is 781 g/mol. The van der Waals surface area contributed by atoms with Gasteiger partial charge in [0.1, 0.15) is 11.9 Å². The first kappa shape index (κ1) is 39.2. The van der Waals surface area contributed by atoms with Gasteiger partial charge in [-0.2, -0.15) is 0 Å². The predicted octanol–water partition coefficient (Wildman–Crippen LogP) is 10.0. The van der Waals surface area contributed by atoms with E-state index in [1.165, 1.54) is 38.5 Å². The van der Waals surface area contributed by atoms with Crippen molar-refractivity contribution in [2.24, 2.45) is 68.0 Å². The van der Waals surface area contributed by atoms with Crippen molar-refractivity contribution in [2.75, 3.05) is 6.54 Å². The molecule has 7 aliphatic rings. The monoisotopic (exact) mass is 781 g/mol. The number of nitrogens with zero attached hydrogens (tertiary/aromatic N) is 3. The van der Waals surface area contributed by atoms with Gasteiger partial charge < -0.3 is 19.7 Å². The molecule has 7 fully saturated rings. The molecule has 1 amide bonds. The molecule has 9 heteroatoms. The second-order valence-electron chi connectivity index (χ2n) is 22.1. The highest BCUT2D eigenvalue weighted by molar-refractivity contribution is 5.85. The van der Waals surface area contributed by atoms with Crippen molar-refractivity contribution in [3.8, 4) is 11.4 Å². The number of carbonyl (C=O) groups excluding carboxylic acids is 2. The predicted molar refractivity (Wildman–Crippen MR) is 218 cm³/mol. The Labute approximate surface area is 340 Å². The number of aliphatic carboxylic acids is 1. The Morgan fingerprint density at radius 3 is 2.39 bits per heavy atom. The van der Waals surface area contributed by atoms with Crippen molar-refractivity contribution in [1.29, 1.82) is 0 Å². The maximum Gasteiger partial charge on any atom is 0.309 e. The van der Waals surface area contributed by atoms with Crippen molar-refractivity contribution in [2.45, 2.75) is 157 Å². The standard InChI is InChI=1S/C48H68N4O5/c1-43(2,42(55)56)27-38(53)57-37-19-20-45(5)35(44(37,3)4)18-21-47(7)36(45)16-15-31-39-30(29-13-14-29)17-22-48(39,24-23-46(31,47)6)41(54)52-26-10-12-34(52)40-50-28-33(51-40)32-11-8-9-25-49-32/h8-9,11,25,28-31,34-37,39H,10,12-24,26-27H2,1-7H3,(H,50,51)(H,55,56)/t30-,31+,34-,35-,36+,37-,39+,45-,46+,47+,48-/m0/s1. The Balaban J connectivity index is 0.978. The number of esters is 1. The molecule has 0 bridgehead atoms. The maximum absolute atomic E-state index is 15.5. The summed E-state index contributed by atoms with van der Waals surface area (Å²) >= 11 is 0. The maximum atomic E-state index is 15.5. The van der Waals surface area contributed by atoms with Crippen molar-refractivity contribution in [3.05, 3.63) is 36.4 Å². The number of carboxylic acids is 1. The van der Waals surface area contributed by atoms with Crippen LogP contribution in [0.3, 0.4) is 0 Å². The number of carbonyl (C=O) groups is 3. The van der Waals surface area contributed by atoms with Gasteiger partial charge >= 0.3 is 11.9 Å². The van der Waals surface area contributed by atoms with Gasteiger partial charge in [0.15, 0.2) is 0 Å². The van der Waals surface area contributed by atoms with Gasteiger partial charge in [0, 0.05) is 18.2 Å². The van der Waals surface area contributed by atoms with Crippen LogP contribution in [0.1, 0.15) is 157 Å². The lowest BCUT2D eigenvalue weighted by Crippen LogP contribution is -2.67. The van der Waals surface area contributed by atoms with E-state index in [1.807, 2.05) is 30.6 Å². The van der Waals surface area contributed by atoms with E-state index in [2.05, 4.69) is 49.5 Å². The molecule has 6 saturated carbocycles. The van der Waals surface area contributed by atoms with E-state index in [1.54, 1.807) is 13.8 Å². The van der Waals surface area contributed by atoms with Crippen LogP contribution < -0.4 is 0 Å². The first-order valence-corrected chi connectivity index (χ1v) is 22.7. The van der Waals surface area contributed by atoms with Gasteiger partial charge in [0.2, 0.25) is 5.91 Å². The molecule has 9 nitrogen and oxygen atoms in total. The van der Waals surface area contributed by atoms with Crippen molar-refractivity contribution in [3.63, 3.8) is 0 Å². The van der Waals surface area contributed by atoms with Gasteiger partial charge in [-0.05, 0) is 168 Å². The summed E-state index contributed by atoms with van der Waals surface area (Å²) in [5.74, 6) is 3.40. The highest BCUT2D eigenvalue weighted by Gasteiger charge is 2.73. The zero-order valence-corrected chi connectivity index (χ0v) is 35.7. The molecule has 57 heavy (non-hydrogen) atoms. The van der Waals surface area contributed by atoms with Crippen LogP contribution in [0.15, 0.2) is 30.6 Å². The van der Waals surface area contributed by atoms with E-state index >= 15 is 4.79 Å². The number of hydrogen-bond donors (Lipinski definition) is 2. The highest BCUT2D eigenvalue weighted by atomic mass is 16.5. The molecule has 0 aromatic carbocycles. The molecule has 3 heterocycles. The minimum Gasteiger partial charge on any atom is -0.481 e. The van der Waals surface area contributed by atoms with Crippen LogP contribution in [0.5, 0.6) is 0 Å². The summed E-state index contributed by atoms with van der Waals surface area (Å²) in [5, 5.41) is 9.67. The van der Waals surface area contributed by atoms with Crippen LogP contribution in [0.2, 0.25) is 0 Å². The van der Waals surface area contributed by atoms with Gasteiger partial charge in [-0.3, -0.25) is 19.4 Å². The number of aromatic amines is 1. The van der Waals surface area contributed by atoms with Crippen LogP contribution in [0.25, 0.3) is 11.4 Å². The Bertz CT molecular complexity index is 1900. The molecule has 11 atom stereocenters. The minimum atomic E-state index is -1.15. The number of hydrogen-bond acceptors (Lipinski definition) is 6. The van der Waals surface area contributed by atoms with Gasteiger partial charge in [-0.1, -0.05) is 40.7 Å². The second-order valence-corrected chi connectivity index (χ2v) is 22.1. The number of pyridine rings is 1. The number of H-pyrrole nitrogens is 1. The van der Waals surface area contributed by atoms with E-state index in [9.17, 15) is 14.7 Å². The first-order chi connectivity index (χ1) is 27.0. The summed E-state index contributed by atoms with van der Waals surface area (Å²) in [7, 11) is 0. The second kappa shape index (κ2) is 13.4. The summed E-state index contributed by atoms with van der Waals surface area (Å²) < 4.78 is 6.23. The third-order valence-corrected chi connectivity index (χ3v) is 18.9. The molecule has 0 unspecified atom stereocenters. The van der Waals surface area contributed by atoms with Gasteiger partial charge in [-0.25, -0.2) is 4.98 Å². The van der Waals surface area contributed by atoms with Crippen molar-refractivity contribution < 1.29 is 24.2 Å². The smallest absolute Gasteiger partial charge is 0.309 e. The molecule has 1 aliphatic heterocycles. The van der Waals surface area contributed by atoms with Crippen molar-refractivity contribution in [1.82, 2.24) is 19.9 Å². The third-order valence-electron chi connectivity index (χ3n) is 18.9. The quantitative estimate of drug-likeness (QED) is 0.256. The molecule has 0 radical (unpaired) electrons. The highest BCUT2D eigenvalue weighted by Crippen LogP contribution is 2.78. The average Bonchev–Trinajstić information content (AvgIpc) is 3.52. The Kier molecular flexibility index (Phi) is 9.22. The van der Waals surface area contributed by atoms with E-state index < -0.39 is 17.4 Å². The SMILES string of the molecule is CC(C)(CC(=O)O[C@H]1CC[C@]2(C)[C@H]3CC[C@@H]4[C@H]5[C@H](C6CC6)CC[C@]5(C(=O)N5CCC[C@H]5c5ncc(-c6ccccn6)[nH]5)CC[C@@]4(C)[C@]3(C)CC[C@H]2C1(C)C)C(=O)O. The normalized spacial score (nSPS) is 41.0. The summed E-state index contributed by atoms with van der Waals surface area (Å²) in [6.45, 7) is 16.6. The molecule has 2 aromatic rings. The zero-order chi connectivity index (χ0) is 40.3. The molecule has 310 valence electrons. The lowest BCUT2D eigenvalue weighted by atomic mass is 9.32. The van der Waals surface area contributed by atoms with E-state index in [0.717, 1.165) is 81.0 Å². The van der Waals surface area contributed by atoms with E-state index in [0.29, 0.717) is 35.5 Å². The van der Waals surface area contributed by atoms with Crippen LogP contribution in [-0.4, -0.2) is 55.5 Å². The zero-order valence-electron chi connectivity index (χ0n) is 35.7. The number of carboxylic acid groups (broad SMARTS) is 1. The first-order valence-electron chi connectivity index (χ1n) is 22.7. The Morgan fingerprint density at radius 2 is 1.67 bits per heavy atom. The number of ether oxygens (including phenoxy) is 1. The lowest BCUT2D eigenvalue weighted by molar-refractivity contribution is -0.251. The van der Waals surface area contributed by atoms with E-state index in [-0.39, 0.29) is 45.6 Å². The Morgan fingerprint density at radius 1 is 0.877 bits per heavy atom. The number of rotatable bonds is 8. The number of likely N-dealkylation sites (tertiary alicyclic amines) is 1. The molecule has 1 saturated heterocycles. The minimum absolute atomic E-state index is 0.0110. The Hall–Kier alpha value is -3.23. The largest absolute Gasteiger partial charge is 0.481 e. The van der Waals surface area contributed by atoms with Gasteiger partial charge in [-0.15, -0.1) is 0 Å². The van der Waals surface area contributed by atoms with Crippen LogP contribution in [0.4, 0.5) is 0 Å². The van der Waals surface area contributed by atoms with Gasteiger partial charge in [0.25, 0.3) is 0 Å². The fourth-order valence-corrected chi connectivity index (χ4v) is 15.6. The number of fused-ring (bicyclic) bond motifs is 7. The van der Waals surface area contributed by atoms with Crippen LogP contribution >= 0.6 is 0 Å².